The van der Waals surface area contributed by atoms with Crippen LogP contribution in [0.25, 0.3) is 16.6 Å². The summed E-state index contributed by atoms with van der Waals surface area (Å²) in [6.45, 7) is 1.74. The molecule has 0 saturated heterocycles. The molecule has 32 heavy (non-hydrogen) atoms. The molecular formula is C21H16N10O. The van der Waals surface area contributed by atoms with E-state index < -0.39 is 11.6 Å². The van der Waals surface area contributed by atoms with Gasteiger partial charge in [0.25, 0.3) is 5.56 Å². The normalized spacial score (nSPS) is 11.5. The molecule has 1 aromatic carbocycles. The summed E-state index contributed by atoms with van der Waals surface area (Å²) in [6.07, 6.45) is 3.10. The number of hydrogen-bond acceptors (Lipinski definition) is 10. The molecule has 0 aliphatic carbocycles. The topological polar surface area (TPSA) is 185 Å². The van der Waals surface area contributed by atoms with Gasteiger partial charge in [-0.25, -0.2) is 4.98 Å². The van der Waals surface area contributed by atoms with Crippen molar-refractivity contribution in [3.05, 3.63) is 70.0 Å². The Morgan fingerprint density at radius 1 is 1.09 bits per heavy atom. The monoisotopic (exact) mass is 424 g/mol. The Balaban J connectivity index is 1.96. The lowest BCUT2D eigenvalue weighted by Gasteiger charge is -2.20. The highest BCUT2D eigenvalue weighted by molar-refractivity contribution is 5.84. The summed E-state index contributed by atoms with van der Waals surface area (Å²) in [5.74, 6) is 0.253. The Hall–Kier alpha value is -5.03. The van der Waals surface area contributed by atoms with E-state index >= 15 is 0 Å². The first-order chi connectivity index (χ1) is 15.4. The van der Waals surface area contributed by atoms with Crippen molar-refractivity contribution >= 4 is 28.5 Å². The van der Waals surface area contributed by atoms with Crippen molar-refractivity contribution in [2.45, 2.75) is 13.0 Å². The summed E-state index contributed by atoms with van der Waals surface area (Å²) in [5, 5.41) is 22.2. The third-order valence-corrected chi connectivity index (χ3v) is 4.75. The van der Waals surface area contributed by atoms with Crippen LogP contribution >= 0.6 is 0 Å². The van der Waals surface area contributed by atoms with E-state index in [4.69, 9.17) is 11.5 Å². The number of hydrogen-bond donors (Lipinski definition) is 3. The first kappa shape index (κ1) is 20.3. The number of nitrogen functional groups attached to an aromatic ring is 2. The van der Waals surface area contributed by atoms with E-state index in [-0.39, 0.29) is 34.1 Å². The number of anilines is 3. The predicted octanol–water partition coefficient (Wildman–Crippen LogP) is 1.65. The smallest absolute Gasteiger partial charge is 0.267 e. The lowest BCUT2D eigenvalue weighted by atomic mass is 10.1. The number of benzene rings is 1. The molecule has 0 spiro atoms. The van der Waals surface area contributed by atoms with E-state index in [1.165, 1.54) is 10.8 Å². The summed E-state index contributed by atoms with van der Waals surface area (Å²) in [6, 6.07) is 11.6. The second kappa shape index (κ2) is 8.01. The molecular weight excluding hydrogens is 408 g/mol. The summed E-state index contributed by atoms with van der Waals surface area (Å²) in [4.78, 5) is 30.1. The Labute approximate surface area is 181 Å². The Bertz CT molecular complexity index is 1480. The molecule has 156 valence electrons. The minimum atomic E-state index is -0.626. The van der Waals surface area contributed by atoms with E-state index in [0.29, 0.717) is 17.0 Å². The van der Waals surface area contributed by atoms with Gasteiger partial charge in [-0.3, -0.25) is 14.3 Å². The number of nitrogens with zero attached hydrogens (tertiary/aromatic N) is 7. The number of nitrogens with two attached hydrogens (primary N) is 2. The molecule has 1 atom stereocenters. The molecule has 4 aromatic rings. The number of rotatable bonds is 4. The van der Waals surface area contributed by atoms with Gasteiger partial charge < -0.3 is 16.8 Å². The third kappa shape index (κ3) is 3.40. The summed E-state index contributed by atoms with van der Waals surface area (Å²) in [5.41, 5.74) is 12.1. The summed E-state index contributed by atoms with van der Waals surface area (Å²) in [7, 11) is 0. The van der Waals surface area contributed by atoms with Crippen LogP contribution in [0.5, 0.6) is 0 Å². The standard InChI is InChI=1S/C21H16N10O/c1-11(27-18-14(9-23)17(24)29-21(25)30-18)19-28-15-6-2-4-12(8-22)16(15)20(32)31(19)13-5-3-7-26-10-13/h2-7,10-11H,1H3,(H5,24,25,27,29,30). The van der Waals surface area contributed by atoms with Crippen molar-refractivity contribution in [1.82, 2.24) is 24.5 Å². The maximum atomic E-state index is 13.5. The maximum Gasteiger partial charge on any atom is 0.267 e. The average molecular weight is 424 g/mol. The van der Waals surface area contributed by atoms with Crippen LogP contribution in [0.3, 0.4) is 0 Å². The Kier molecular flexibility index (Phi) is 5.07. The van der Waals surface area contributed by atoms with E-state index in [2.05, 4.69) is 25.3 Å². The zero-order chi connectivity index (χ0) is 22.8. The second-order valence-corrected chi connectivity index (χ2v) is 6.80. The molecule has 11 heteroatoms. The molecule has 4 rings (SSSR count). The molecule has 0 radical (unpaired) electrons. The molecule has 3 heterocycles. The zero-order valence-electron chi connectivity index (χ0n) is 16.8. The van der Waals surface area contributed by atoms with Gasteiger partial charge in [-0.1, -0.05) is 6.07 Å². The Morgan fingerprint density at radius 3 is 2.59 bits per heavy atom. The van der Waals surface area contributed by atoms with Crippen molar-refractivity contribution < 1.29 is 0 Å². The number of aromatic nitrogens is 5. The van der Waals surface area contributed by atoms with Crippen LogP contribution in [0.15, 0.2) is 47.5 Å². The summed E-state index contributed by atoms with van der Waals surface area (Å²) >= 11 is 0. The molecule has 0 saturated carbocycles. The predicted molar refractivity (Wildman–Crippen MR) is 117 cm³/mol. The van der Waals surface area contributed by atoms with Gasteiger partial charge in [-0.15, -0.1) is 0 Å². The molecule has 0 aliphatic rings. The Morgan fingerprint density at radius 2 is 1.91 bits per heavy atom. The first-order valence-corrected chi connectivity index (χ1v) is 9.40. The van der Waals surface area contributed by atoms with Gasteiger partial charge in [0.05, 0.1) is 34.4 Å². The van der Waals surface area contributed by atoms with E-state index in [9.17, 15) is 15.3 Å². The molecule has 0 bridgehead atoms. The number of nitrogens with one attached hydrogen (secondary N) is 1. The zero-order valence-corrected chi connectivity index (χ0v) is 16.8. The van der Waals surface area contributed by atoms with Gasteiger partial charge in [0, 0.05) is 6.20 Å². The van der Waals surface area contributed by atoms with Crippen LogP contribution in [0.4, 0.5) is 17.6 Å². The highest BCUT2D eigenvalue weighted by Crippen LogP contribution is 2.25. The minimum Gasteiger partial charge on any atom is -0.382 e. The van der Waals surface area contributed by atoms with Gasteiger partial charge >= 0.3 is 0 Å². The van der Waals surface area contributed by atoms with Crippen LogP contribution in [-0.2, 0) is 0 Å². The van der Waals surface area contributed by atoms with Crippen molar-refractivity contribution in [1.29, 1.82) is 10.5 Å². The van der Waals surface area contributed by atoms with Gasteiger partial charge in [-0.05, 0) is 31.2 Å². The van der Waals surface area contributed by atoms with Gasteiger partial charge in [-0.2, -0.15) is 20.5 Å². The SMILES string of the molecule is CC(Nc1nc(N)nc(N)c1C#N)c1nc2cccc(C#N)c2c(=O)n1-c1cccnc1. The second-order valence-electron chi connectivity index (χ2n) is 6.80. The number of pyridine rings is 1. The van der Waals surface area contributed by atoms with Crippen molar-refractivity contribution in [3.8, 4) is 17.8 Å². The molecule has 3 aromatic heterocycles. The van der Waals surface area contributed by atoms with Crippen LogP contribution in [0.1, 0.15) is 29.9 Å². The van der Waals surface area contributed by atoms with E-state index in [1.54, 1.807) is 43.5 Å². The first-order valence-electron chi connectivity index (χ1n) is 9.40. The highest BCUT2D eigenvalue weighted by atomic mass is 16.1. The fourth-order valence-electron chi connectivity index (χ4n) is 3.35. The maximum absolute atomic E-state index is 13.5. The molecule has 0 fully saturated rings. The molecule has 1 unspecified atom stereocenters. The van der Waals surface area contributed by atoms with Crippen LogP contribution in [-0.4, -0.2) is 24.5 Å². The lowest BCUT2D eigenvalue weighted by molar-refractivity contribution is 0.729. The van der Waals surface area contributed by atoms with Crippen molar-refractivity contribution in [2.24, 2.45) is 0 Å². The van der Waals surface area contributed by atoms with Gasteiger partial charge in [0.15, 0.2) is 5.82 Å². The molecule has 5 N–H and O–H groups in total. The van der Waals surface area contributed by atoms with E-state index in [1.807, 2.05) is 12.1 Å². The lowest BCUT2D eigenvalue weighted by Crippen LogP contribution is -2.28. The number of fused-ring (bicyclic) bond motifs is 1. The third-order valence-electron chi connectivity index (χ3n) is 4.75. The molecule has 0 amide bonds. The quantitative estimate of drug-likeness (QED) is 0.435. The van der Waals surface area contributed by atoms with E-state index in [0.717, 1.165) is 0 Å². The van der Waals surface area contributed by atoms with Gasteiger partial charge in [0.2, 0.25) is 5.95 Å². The fourth-order valence-corrected chi connectivity index (χ4v) is 3.35. The summed E-state index contributed by atoms with van der Waals surface area (Å²) < 4.78 is 1.37. The number of nitriles is 2. The molecule has 0 aliphatic heterocycles. The fraction of sp³-hybridized carbons (Fsp3) is 0.0952. The van der Waals surface area contributed by atoms with Crippen LogP contribution in [0.2, 0.25) is 0 Å². The van der Waals surface area contributed by atoms with Crippen LogP contribution < -0.4 is 22.3 Å². The van der Waals surface area contributed by atoms with Gasteiger partial charge in [0.1, 0.15) is 29.3 Å². The van der Waals surface area contributed by atoms with Crippen LogP contribution in [0, 0.1) is 22.7 Å². The van der Waals surface area contributed by atoms with Crippen molar-refractivity contribution in [3.63, 3.8) is 0 Å². The minimum absolute atomic E-state index is 0.0221. The largest absolute Gasteiger partial charge is 0.382 e. The average Bonchev–Trinajstić information content (AvgIpc) is 2.78. The molecule has 11 nitrogen and oxygen atoms in total. The van der Waals surface area contributed by atoms with Crippen molar-refractivity contribution in [2.75, 3.05) is 16.8 Å². The highest BCUT2D eigenvalue weighted by Gasteiger charge is 2.22.